The van der Waals surface area contributed by atoms with E-state index in [1.165, 1.54) is 0 Å². The number of carbonyl (C=O) groups excluding carboxylic acids is 2. The van der Waals surface area contributed by atoms with E-state index in [1.54, 1.807) is 13.3 Å². The number of hydrogen-bond acceptors (Lipinski definition) is 5. The molecule has 0 aliphatic rings. The smallest absolute Gasteiger partial charge is 0.333 e. The number of halogens is 1. The summed E-state index contributed by atoms with van der Waals surface area (Å²) in [5, 5.41) is 0. The fourth-order valence-corrected chi connectivity index (χ4v) is 1.36. The van der Waals surface area contributed by atoms with E-state index >= 15 is 0 Å². The van der Waals surface area contributed by atoms with Crippen molar-refractivity contribution in [3.05, 3.63) is 24.4 Å². The second kappa shape index (κ2) is 17.7. The minimum atomic E-state index is -0.484. The molecule has 0 aromatic rings. The van der Waals surface area contributed by atoms with Gasteiger partial charge >= 0.3 is 11.9 Å². The maximum absolute atomic E-state index is 11.6. The van der Waals surface area contributed by atoms with Crippen molar-refractivity contribution in [2.75, 3.05) is 32.1 Å². The highest BCUT2D eigenvalue weighted by molar-refractivity contribution is 9.08. The van der Waals surface area contributed by atoms with Crippen LogP contribution >= 0.6 is 15.9 Å². The summed E-state index contributed by atoms with van der Waals surface area (Å²) in [6.45, 7) is 10.3. The number of ether oxygens (including phenoxy) is 2. The van der Waals surface area contributed by atoms with Gasteiger partial charge < -0.3 is 14.4 Å². The van der Waals surface area contributed by atoms with Crippen LogP contribution in [0, 0.1) is 0 Å². The minimum Gasteiger partial charge on any atom is -0.462 e. The summed E-state index contributed by atoms with van der Waals surface area (Å²) in [5.41, 5.74) is 0.319. The van der Waals surface area contributed by atoms with Gasteiger partial charge in [0.05, 0.1) is 12.8 Å². The molecule has 0 spiro atoms. The third-order valence-corrected chi connectivity index (χ3v) is 2.43. The van der Waals surface area contributed by atoms with Crippen molar-refractivity contribution in [3.63, 3.8) is 0 Å². The molecule has 0 heterocycles. The van der Waals surface area contributed by atoms with Crippen LogP contribution < -0.4 is 0 Å². The largest absolute Gasteiger partial charge is 0.462 e. The van der Waals surface area contributed by atoms with Gasteiger partial charge in [-0.1, -0.05) is 35.5 Å². The predicted octanol–water partition coefficient (Wildman–Crippen LogP) is 3.32. The Morgan fingerprint density at radius 1 is 1.25 bits per heavy atom. The maximum Gasteiger partial charge on any atom is 0.333 e. The summed E-state index contributed by atoms with van der Waals surface area (Å²) in [5.74, 6) is 0.986. The SMILES string of the molecule is C=C(C)C(=O)OCCOC(=O)CCN(C=NCCC)/C=C\C.CBr. The molecule has 0 saturated heterocycles. The molecule has 0 unspecified atom stereocenters. The molecule has 0 fully saturated rings. The third-order valence-electron chi connectivity index (χ3n) is 2.43. The van der Waals surface area contributed by atoms with E-state index < -0.39 is 5.97 Å². The fourth-order valence-electron chi connectivity index (χ4n) is 1.36. The molecule has 0 saturated carbocycles. The van der Waals surface area contributed by atoms with Gasteiger partial charge in [-0.3, -0.25) is 9.79 Å². The van der Waals surface area contributed by atoms with Crippen molar-refractivity contribution in [1.82, 2.24) is 4.90 Å². The molecule has 0 radical (unpaired) electrons. The lowest BCUT2D eigenvalue weighted by atomic mass is 10.4. The van der Waals surface area contributed by atoms with Crippen molar-refractivity contribution in [1.29, 1.82) is 0 Å². The summed E-state index contributed by atoms with van der Waals surface area (Å²) >= 11 is 2.94. The molecule has 138 valence electrons. The van der Waals surface area contributed by atoms with Gasteiger partial charge in [0.2, 0.25) is 0 Å². The average molecular weight is 405 g/mol. The average Bonchev–Trinajstić information content (AvgIpc) is 2.58. The van der Waals surface area contributed by atoms with Gasteiger partial charge in [-0.15, -0.1) is 0 Å². The minimum absolute atomic E-state index is 0.0357. The first-order valence-electron chi connectivity index (χ1n) is 7.75. The first-order valence-corrected chi connectivity index (χ1v) is 9.34. The van der Waals surface area contributed by atoms with Crippen LogP contribution in [0.3, 0.4) is 0 Å². The van der Waals surface area contributed by atoms with E-state index in [0.29, 0.717) is 12.1 Å². The monoisotopic (exact) mass is 404 g/mol. The lowest BCUT2D eigenvalue weighted by Crippen LogP contribution is -2.21. The van der Waals surface area contributed by atoms with Crippen LogP contribution in [0.4, 0.5) is 0 Å². The fraction of sp³-hybridized carbons (Fsp3) is 0.588. The molecule has 0 aromatic heterocycles. The van der Waals surface area contributed by atoms with Crippen LogP contribution in [0.1, 0.15) is 33.6 Å². The van der Waals surface area contributed by atoms with Crippen molar-refractivity contribution < 1.29 is 19.1 Å². The van der Waals surface area contributed by atoms with Crippen molar-refractivity contribution in [2.24, 2.45) is 4.99 Å². The Bertz CT molecular complexity index is 423. The maximum atomic E-state index is 11.6. The molecule has 0 rings (SSSR count). The van der Waals surface area contributed by atoms with Gasteiger partial charge in [0.25, 0.3) is 0 Å². The number of hydrogen-bond donors (Lipinski definition) is 0. The van der Waals surface area contributed by atoms with Crippen LogP contribution in [0.2, 0.25) is 0 Å². The predicted molar refractivity (Wildman–Crippen MR) is 101 cm³/mol. The van der Waals surface area contributed by atoms with Gasteiger partial charge in [0.1, 0.15) is 13.2 Å². The number of nitrogens with zero attached hydrogens (tertiary/aromatic N) is 2. The van der Waals surface area contributed by atoms with E-state index in [2.05, 4.69) is 34.4 Å². The normalized spacial score (nSPS) is 10.2. The number of esters is 2. The van der Waals surface area contributed by atoms with Gasteiger partial charge in [0.15, 0.2) is 0 Å². The molecule has 0 aliphatic heterocycles. The molecule has 0 N–H and O–H groups in total. The van der Waals surface area contributed by atoms with Crippen LogP contribution in [0.5, 0.6) is 0 Å². The van der Waals surface area contributed by atoms with E-state index in [-0.39, 0.29) is 25.6 Å². The van der Waals surface area contributed by atoms with Gasteiger partial charge in [-0.25, -0.2) is 4.79 Å². The second-order valence-corrected chi connectivity index (χ2v) is 4.63. The molecule has 0 atom stereocenters. The Morgan fingerprint density at radius 2 is 1.88 bits per heavy atom. The summed E-state index contributed by atoms with van der Waals surface area (Å²) in [6.07, 6.45) is 6.65. The number of rotatable bonds is 11. The number of allylic oxidation sites excluding steroid dienone is 1. The third kappa shape index (κ3) is 15.3. The first-order chi connectivity index (χ1) is 11.5. The van der Waals surface area contributed by atoms with Gasteiger partial charge in [-0.05, 0) is 26.1 Å². The zero-order valence-electron chi connectivity index (χ0n) is 15.1. The molecule has 0 aromatic carbocycles. The van der Waals surface area contributed by atoms with Gasteiger partial charge in [-0.2, -0.15) is 0 Å². The lowest BCUT2D eigenvalue weighted by molar-refractivity contribution is -0.150. The molecule has 0 amide bonds. The summed E-state index contributed by atoms with van der Waals surface area (Å²) in [6, 6.07) is 0. The molecule has 24 heavy (non-hydrogen) atoms. The number of aliphatic imine (C=N–C) groups is 1. The van der Waals surface area contributed by atoms with E-state index in [1.807, 2.05) is 29.9 Å². The highest BCUT2D eigenvalue weighted by Gasteiger charge is 2.07. The van der Waals surface area contributed by atoms with Crippen molar-refractivity contribution in [2.45, 2.75) is 33.6 Å². The van der Waals surface area contributed by atoms with Crippen molar-refractivity contribution in [3.8, 4) is 0 Å². The molecule has 0 aliphatic carbocycles. The van der Waals surface area contributed by atoms with Crippen LogP contribution in [-0.2, 0) is 19.1 Å². The topological polar surface area (TPSA) is 68.2 Å². The highest BCUT2D eigenvalue weighted by Crippen LogP contribution is 1.96. The molecular weight excluding hydrogens is 376 g/mol. The zero-order chi connectivity index (χ0) is 18.8. The van der Waals surface area contributed by atoms with E-state index in [4.69, 9.17) is 9.47 Å². The Labute approximate surface area is 153 Å². The first kappa shape index (κ1) is 24.6. The van der Waals surface area contributed by atoms with Crippen LogP contribution in [0.25, 0.3) is 0 Å². The molecular formula is C17H29BrN2O4. The Morgan fingerprint density at radius 3 is 2.42 bits per heavy atom. The quantitative estimate of drug-likeness (QED) is 0.132. The lowest BCUT2D eigenvalue weighted by Gasteiger charge is -2.14. The second-order valence-electron chi connectivity index (χ2n) is 4.63. The van der Waals surface area contributed by atoms with E-state index in [0.717, 1.165) is 13.0 Å². The van der Waals surface area contributed by atoms with Gasteiger partial charge in [0, 0.05) is 24.9 Å². The number of carbonyl (C=O) groups is 2. The summed E-state index contributed by atoms with van der Waals surface area (Å²) in [7, 11) is 0. The Kier molecular flexibility index (Phi) is 18.2. The van der Waals surface area contributed by atoms with E-state index in [9.17, 15) is 9.59 Å². The van der Waals surface area contributed by atoms with Crippen LogP contribution in [0.15, 0.2) is 29.4 Å². The standard InChI is InChI=1S/C16H26N2O4.CH3Br/c1-5-8-17-13-18(9-6-2)10-7-15(19)21-11-12-22-16(20)14(3)4;1-2/h6,9,13H,3,5,7-8,10-12H2,1-2,4H3;1H3/b9-6-,17-13?;. The van der Waals surface area contributed by atoms with Crippen LogP contribution in [-0.4, -0.2) is 55.3 Å². The number of alkyl halides is 1. The summed E-state index contributed by atoms with van der Waals surface area (Å²) in [4.78, 5) is 28.8. The highest BCUT2D eigenvalue weighted by atomic mass is 79.9. The molecule has 6 nitrogen and oxygen atoms in total. The van der Waals surface area contributed by atoms with Crippen molar-refractivity contribution >= 4 is 34.2 Å². The summed E-state index contributed by atoms with van der Waals surface area (Å²) < 4.78 is 9.81. The Hall–Kier alpha value is -1.63. The Balaban J connectivity index is 0. The molecule has 7 heteroatoms. The zero-order valence-corrected chi connectivity index (χ0v) is 16.7. The molecule has 0 bridgehead atoms.